The highest BCUT2D eigenvalue weighted by molar-refractivity contribution is 7.06. The molecule has 2 fully saturated rings. The van der Waals surface area contributed by atoms with E-state index in [0.717, 1.165) is 45.4 Å². The van der Waals surface area contributed by atoms with Crippen molar-refractivity contribution in [2.75, 3.05) is 19.8 Å². The van der Waals surface area contributed by atoms with Crippen molar-refractivity contribution in [3.8, 4) is 0 Å². The van der Waals surface area contributed by atoms with Gasteiger partial charge in [0.1, 0.15) is 5.69 Å². The molecule has 0 radical (unpaired) electrons. The van der Waals surface area contributed by atoms with Gasteiger partial charge in [-0.15, -0.1) is 0 Å². The van der Waals surface area contributed by atoms with Crippen LogP contribution in [-0.4, -0.2) is 34.9 Å². The van der Waals surface area contributed by atoms with Crippen LogP contribution in [0.1, 0.15) is 64.1 Å². The van der Waals surface area contributed by atoms with E-state index in [-0.39, 0.29) is 11.9 Å². The first-order valence-electron chi connectivity index (χ1n) is 9.14. The van der Waals surface area contributed by atoms with Crippen LogP contribution in [0.15, 0.2) is 30.3 Å². The average Bonchev–Trinajstić information content (AvgIpc) is 3.32. The summed E-state index contributed by atoms with van der Waals surface area (Å²) in [6.07, 6.45) is 4.16. The first-order valence-corrected chi connectivity index (χ1v) is 9.91. The van der Waals surface area contributed by atoms with Crippen molar-refractivity contribution < 1.29 is 9.53 Å². The molecule has 5 heteroatoms. The summed E-state index contributed by atoms with van der Waals surface area (Å²) in [6, 6.07) is 10.8. The number of benzene rings is 1. The lowest BCUT2D eigenvalue weighted by atomic mass is 9.98. The first-order chi connectivity index (χ1) is 12.2. The zero-order chi connectivity index (χ0) is 17.2. The molecular formula is C20H24N2O2S. The fraction of sp³-hybridized carbons (Fsp3) is 0.500. The van der Waals surface area contributed by atoms with Crippen LogP contribution in [0.25, 0.3) is 0 Å². The van der Waals surface area contributed by atoms with Gasteiger partial charge in [0.05, 0.1) is 6.04 Å². The van der Waals surface area contributed by atoms with Gasteiger partial charge >= 0.3 is 0 Å². The average molecular weight is 356 g/mol. The lowest BCUT2D eigenvalue weighted by molar-refractivity contribution is 0.0730. The molecule has 2 aliphatic rings. The Balaban J connectivity index is 1.51. The molecule has 2 saturated heterocycles. The summed E-state index contributed by atoms with van der Waals surface area (Å²) < 4.78 is 9.92. The van der Waals surface area contributed by atoms with Gasteiger partial charge in [0.25, 0.3) is 5.91 Å². The molecule has 4 rings (SSSR count). The van der Waals surface area contributed by atoms with Crippen LogP contribution in [0.5, 0.6) is 0 Å². The third kappa shape index (κ3) is 3.48. The minimum absolute atomic E-state index is 0.0811. The maximum Gasteiger partial charge on any atom is 0.274 e. The SMILES string of the molecule is Cc1ccc(C2CCCN2C(=O)c2cc(C3CCOCC3)sn2)cc1. The lowest BCUT2D eigenvalue weighted by Gasteiger charge is -2.24. The molecule has 25 heavy (non-hydrogen) atoms. The molecule has 0 aliphatic carbocycles. The van der Waals surface area contributed by atoms with E-state index in [0.29, 0.717) is 11.6 Å². The topological polar surface area (TPSA) is 42.4 Å². The Morgan fingerprint density at radius 3 is 2.72 bits per heavy atom. The number of ether oxygens (including phenoxy) is 1. The van der Waals surface area contributed by atoms with E-state index in [2.05, 4.69) is 35.6 Å². The Labute approximate surface area is 153 Å². The lowest BCUT2D eigenvalue weighted by Crippen LogP contribution is -2.30. The zero-order valence-electron chi connectivity index (χ0n) is 14.6. The normalized spacial score (nSPS) is 21.6. The number of carbonyl (C=O) groups is 1. The van der Waals surface area contributed by atoms with Crippen molar-refractivity contribution in [1.82, 2.24) is 9.27 Å². The number of aryl methyl sites for hydroxylation is 1. The van der Waals surface area contributed by atoms with Crippen LogP contribution >= 0.6 is 11.5 Å². The highest BCUT2D eigenvalue weighted by Crippen LogP contribution is 2.35. The molecule has 0 bridgehead atoms. The van der Waals surface area contributed by atoms with Crippen LogP contribution in [0.4, 0.5) is 0 Å². The third-order valence-electron chi connectivity index (χ3n) is 5.35. The van der Waals surface area contributed by atoms with E-state index in [1.54, 1.807) is 0 Å². The molecule has 0 spiro atoms. The van der Waals surface area contributed by atoms with Gasteiger partial charge in [-0.3, -0.25) is 4.79 Å². The number of rotatable bonds is 3. The number of carbonyl (C=O) groups excluding carboxylic acids is 1. The summed E-state index contributed by atoms with van der Waals surface area (Å²) in [4.78, 5) is 16.3. The number of aromatic nitrogens is 1. The summed E-state index contributed by atoms with van der Waals surface area (Å²) in [5.74, 6) is 0.580. The number of likely N-dealkylation sites (tertiary alicyclic amines) is 1. The molecule has 1 amide bonds. The summed E-state index contributed by atoms with van der Waals surface area (Å²) in [7, 11) is 0. The number of hydrogen-bond acceptors (Lipinski definition) is 4. The first kappa shape index (κ1) is 16.7. The van der Waals surface area contributed by atoms with Crippen molar-refractivity contribution in [3.63, 3.8) is 0 Å². The van der Waals surface area contributed by atoms with Gasteiger partial charge in [-0.2, -0.15) is 4.37 Å². The van der Waals surface area contributed by atoms with E-state index in [1.165, 1.54) is 27.5 Å². The second-order valence-corrected chi connectivity index (χ2v) is 7.90. The standard InChI is InChI=1S/C20H24N2O2S/c1-14-4-6-15(7-5-14)18-3-2-10-22(18)20(23)17-13-19(25-21-17)16-8-11-24-12-9-16/h4-7,13,16,18H,2-3,8-12H2,1H3. The molecule has 2 aromatic rings. The summed E-state index contributed by atoms with van der Waals surface area (Å²) in [6.45, 7) is 4.54. The van der Waals surface area contributed by atoms with Gasteiger partial charge in [-0.25, -0.2) is 0 Å². The highest BCUT2D eigenvalue weighted by atomic mass is 32.1. The maximum atomic E-state index is 13.0. The largest absolute Gasteiger partial charge is 0.381 e. The molecule has 1 unspecified atom stereocenters. The Morgan fingerprint density at radius 1 is 1.20 bits per heavy atom. The Bertz CT molecular complexity index is 734. The smallest absolute Gasteiger partial charge is 0.274 e. The van der Waals surface area contributed by atoms with Crippen molar-refractivity contribution in [2.24, 2.45) is 0 Å². The van der Waals surface area contributed by atoms with Crippen molar-refractivity contribution in [2.45, 2.75) is 44.6 Å². The summed E-state index contributed by atoms with van der Waals surface area (Å²) >= 11 is 1.49. The molecule has 3 heterocycles. The predicted molar refractivity (Wildman–Crippen MR) is 99.1 cm³/mol. The number of amides is 1. The summed E-state index contributed by atoms with van der Waals surface area (Å²) in [5, 5.41) is 0. The predicted octanol–water partition coefficient (Wildman–Crippen LogP) is 4.32. The highest BCUT2D eigenvalue weighted by Gasteiger charge is 2.32. The molecule has 1 aromatic carbocycles. The van der Waals surface area contributed by atoms with Crippen LogP contribution in [-0.2, 0) is 4.74 Å². The van der Waals surface area contributed by atoms with Gasteiger partial charge in [-0.05, 0) is 61.7 Å². The van der Waals surface area contributed by atoms with Crippen LogP contribution < -0.4 is 0 Å². The van der Waals surface area contributed by atoms with Crippen molar-refractivity contribution in [3.05, 3.63) is 52.0 Å². The number of hydrogen-bond donors (Lipinski definition) is 0. The second-order valence-electron chi connectivity index (χ2n) is 7.07. The van der Waals surface area contributed by atoms with Crippen molar-refractivity contribution in [1.29, 1.82) is 0 Å². The Kier molecular flexibility index (Phi) is 4.86. The van der Waals surface area contributed by atoms with Crippen molar-refractivity contribution >= 4 is 17.4 Å². The van der Waals surface area contributed by atoms with E-state index in [1.807, 2.05) is 11.0 Å². The Morgan fingerprint density at radius 2 is 1.96 bits per heavy atom. The van der Waals surface area contributed by atoms with Gasteiger partial charge in [0.2, 0.25) is 0 Å². The third-order valence-corrected chi connectivity index (χ3v) is 6.30. The van der Waals surface area contributed by atoms with Gasteiger partial charge in [0.15, 0.2) is 0 Å². The summed E-state index contributed by atoms with van der Waals surface area (Å²) in [5.41, 5.74) is 3.10. The maximum absolute atomic E-state index is 13.0. The molecular weight excluding hydrogens is 332 g/mol. The van der Waals surface area contributed by atoms with Gasteiger partial charge < -0.3 is 9.64 Å². The molecule has 1 aromatic heterocycles. The Hall–Kier alpha value is -1.72. The second kappa shape index (κ2) is 7.26. The fourth-order valence-corrected chi connectivity index (χ4v) is 4.74. The van der Waals surface area contributed by atoms with Crippen LogP contribution in [0, 0.1) is 6.92 Å². The fourth-order valence-electron chi connectivity index (χ4n) is 3.86. The van der Waals surface area contributed by atoms with E-state index >= 15 is 0 Å². The van der Waals surface area contributed by atoms with Gasteiger partial charge in [-0.1, -0.05) is 29.8 Å². The van der Waals surface area contributed by atoms with Crippen LogP contribution in [0.2, 0.25) is 0 Å². The zero-order valence-corrected chi connectivity index (χ0v) is 15.4. The van der Waals surface area contributed by atoms with E-state index in [9.17, 15) is 4.79 Å². The minimum atomic E-state index is 0.0811. The monoisotopic (exact) mass is 356 g/mol. The molecule has 2 aliphatic heterocycles. The van der Waals surface area contributed by atoms with Gasteiger partial charge in [0, 0.05) is 24.6 Å². The molecule has 0 N–H and O–H groups in total. The molecule has 132 valence electrons. The molecule has 1 atom stereocenters. The minimum Gasteiger partial charge on any atom is -0.381 e. The van der Waals surface area contributed by atoms with Crippen LogP contribution in [0.3, 0.4) is 0 Å². The molecule has 0 saturated carbocycles. The van der Waals surface area contributed by atoms with E-state index < -0.39 is 0 Å². The quantitative estimate of drug-likeness (QED) is 0.822. The van der Waals surface area contributed by atoms with E-state index in [4.69, 9.17) is 4.74 Å². The molecule has 4 nitrogen and oxygen atoms in total. The number of nitrogens with zero attached hydrogens (tertiary/aromatic N) is 2.